The highest BCUT2D eigenvalue weighted by molar-refractivity contribution is 5.64. The normalized spacial score (nSPS) is 19.7. The maximum absolute atomic E-state index is 9.63. The average Bonchev–Trinajstić information content (AvgIpc) is 2.76. The number of ether oxygens (including phenoxy) is 2. The molecule has 0 saturated carbocycles. The minimum atomic E-state index is 0.224. The number of hydrogen-bond acceptors (Lipinski definition) is 5. The lowest BCUT2D eigenvalue weighted by molar-refractivity contribution is 0.0573. The molecule has 2 aliphatic heterocycles. The molecule has 0 unspecified atom stereocenters. The summed E-state index contributed by atoms with van der Waals surface area (Å²) in [5.74, 6) is 1.77. The third-order valence-corrected chi connectivity index (χ3v) is 6.20. The molecule has 5 nitrogen and oxygen atoms in total. The highest BCUT2D eigenvalue weighted by atomic mass is 16.5. The Labute approximate surface area is 179 Å². The molecular formula is C25H32N2O3. The molecule has 0 amide bonds. The van der Waals surface area contributed by atoms with Gasteiger partial charge < -0.3 is 14.6 Å². The van der Waals surface area contributed by atoms with Gasteiger partial charge in [0.2, 0.25) is 0 Å². The third-order valence-electron chi connectivity index (χ3n) is 6.20. The zero-order valence-electron chi connectivity index (χ0n) is 18.0. The molecule has 0 bridgehead atoms. The van der Waals surface area contributed by atoms with Gasteiger partial charge >= 0.3 is 0 Å². The lowest BCUT2D eigenvalue weighted by Gasteiger charge is -2.42. The molecule has 2 aliphatic rings. The molecule has 1 saturated heterocycles. The fourth-order valence-corrected chi connectivity index (χ4v) is 4.45. The third kappa shape index (κ3) is 4.86. The van der Waals surface area contributed by atoms with Crippen molar-refractivity contribution in [2.45, 2.75) is 25.9 Å². The van der Waals surface area contributed by atoms with Gasteiger partial charge in [0.05, 0.1) is 7.11 Å². The van der Waals surface area contributed by atoms with E-state index in [0.29, 0.717) is 12.6 Å². The second-order valence-electron chi connectivity index (χ2n) is 8.29. The first-order valence-corrected chi connectivity index (χ1v) is 10.8. The summed E-state index contributed by atoms with van der Waals surface area (Å²) in [5, 5.41) is 9.63. The maximum atomic E-state index is 9.63. The number of hydrogen-bond donors (Lipinski definition) is 1. The summed E-state index contributed by atoms with van der Waals surface area (Å²) >= 11 is 0. The van der Waals surface area contributed by atoms with Crippen molar-refractivity contribution in [2.24, 2.45) is 0 Å². The fourth-order valence-electron chi connectivity index (χ4n) is 4.45. The molecule has 1 N–H and O–H groups in total. The van der Waals surface area contributed by atoms with Crippen LogP contribution in [0, 0.1) is 6.92 Å². The largest absolute Gasteiger partial charge is 0.497 e. The lowest BCUT2D eigenvalue weighted by atomic mass is 10.0. The molecule has 1 atom stereocenters. The Hall–Kier alpha value is -2.34. The van der Waals surface area contributed by atoms with Crippen molar-refractivity contribution in [1.82, 2.24) is 9.80 Å². The molecule has 4 rings (SSSR count). The Bertz CT molecular complexity index is 896. The second-order valence-corrected chi connectivity index (χ2v) is 8.29. The van der Waals surface area contributed by atoms with Crippen LogP contribution < -0.4 is 9.47 Å². The van der Waals surface area contributed by atoms with Crippen molar-refractivity contribution in [3.05, 3.63) is 64.7 Å². The Morgan fingerprint density at radius 3 is 2.80 bits per heavy atom. The number of methoxy groups -OCH3 is 1. The molecule has 2 heterocycles. The molecular weight excluding hydrogens is 376 g/mol. The zero-order valence-corrected chi connectivity index (χ0v) is 18.0. The summed E-state index contributed by atoms with van der Waals surface area (Å²) in [6.07, 6.45) is 3.04. The average molecular weight is 409 g/mol. The van der Waals surface area contributed by atoms with Gasteiger partial charge in [-0.3, -0.25) is 9.80 Å². The molecule has 0 aromatic heterocycles. The van der Waals surface area contributed by atoms with Gasteiger partial charge in [-0.1, -0.05) is 24.3 Å². The SMILES string of the molecule is COc1ccc2c(c1)C=C(CN1CCN(Cc3ccccc3C)[C@H](CCO)C1)CO2. The van der Waals surface area contributed by atoms with Gasteiger partial charge in [0, 0.05) is 50.9 Å². The molecule has 30 heavy (non-hydrogen) atoms. The number of rotatable bonds is 7. The van der Waals surface area contributed by atoms with E-state index in [4.69, 9.17) is 9.47 Å². The van der Waals surface area contributed by atoms with Crippen LogP contribution in [0.15, 0.2) is 48.0 Å². The summed E-state index contributed by atoms with van der Waals surface area (Å²) in [6, 6.07) is 14.9. The highest BCUT2D eigenvalue weighted by Gasteiger charge is 2.27. The van der Waals surface area contributed by atoms with Gasteiger partial charge in [-0.15, -0.1) is 0 Å². The van der Waals surface area contributed by atoms with Gasteiger partial charge in [0.25, 0.3) is 0 Å². The van der Waals surface area contributed by atoms with E-state index in [1.54, 1.807) is 7.11 Å². The van der Waals surface area contributed by atoms with Crippen LogP contribution in [-0.2, 0) is 6.54 Å². The van der Waals surface area contributed by atoms with Crippen LogP contribution in [0.3, 0.4) is 0 Å². The first-order chi connectivity index (χ1) is 14.7. The molecule has 2 aromatic carbocycles. The van der Waals surface area contributed by atoms with E-state index in [0.717, 1.165) is 56.2 Å². The van der Waals surface area contributed by atoms with Crippen LogP contribution in [0.4, 0.5) is 0 Å². The Balaban J connectivity index is 1.41. The fraction of sp³-hybridized carbons (Fsp3) is 0.440. The van der Waals surface area contributed by atoms with E-state index >= 15 is 0 Å². The van der Waals surface area contributed by atoms with E-state index < -0.39 is 0 Å². The van der Waals surface area contributed by atoms with Crippen LogP contribution in [-0.4, -0.2) is 67.5 Å². The number of piperazine rings is 1. The van der Waals surface area contributed by atoms with Crippen LogP contribution in [0.25, 0.3) is 6.08 Å². The number of aliphatic hydroxyl groups excluding tert-OH is 1. The monoisotopic (exact) mass is 408 g/mol. The van der Waals surface area contributed by atoms with Gasteiger partial charge in [0.1, 0.15) is 18.1 Å². The molecule has 5 heteroatoms. The first kappa shape index (κ1) is 20.9. The van der Waals surface area contributed by atoms with Crippen molar-refractivity contribution < 1.29 is 14.6 Å². The van der Waals surface area contributed by atoms with Crippen molar-refractivity contribution in [3.63, 3.8) is 0 Å². The van der Waals surface area contributed by atoms with Crippen LogP contribution >= 0.6 is 0 Å². The number of fused-ring (bicyclic) bond motifs is 1. The molecule has 0 aliphatic carbocycles. The minimum absolute atomic E-state index is 0.224. The molecule has 0 radical (unpaired) electrons. The zero-order chi connectivity index (χ0) is 20.9. The van der Waals surface area contributed by atoms with Crippen molar-refractivity contribution in [3.8, 4) is 11.5 Å². The highest BCUT2D eigenvalue weighted by Crippen LogP contribution is 2.30. The molecule has 0 spiro atoms. The number of aliphatic hydroxyl groups is 1. The van der Waals surface area contributed by atoms with Crippen LogP contribution in [0.1, 0.15) is 23.1 Å². The van der Waals surface area contributed by atoms with Gasteiger partial charge in [-0.25, -0.2) is 0 Å². The second kappa shape index (κ2) is 9.65. The van der Waals surface area contributed by atoms with E-state index in [9.17, 15) is 5.11 Å². The van der Waals surface area contributed by atoms with Crippen molar-refractivity contribution in [2.75, 3.05) is 46.5 Å². The predicted molar refractivity (Wildman–Crippen MR) is 120 cm³/mol. The summed E-state index contributed by atoms with van der Waals surface area (Å²) in [7, 11) is 1.69. The number of benzene rings is 2. The quantitative estimate of drug-likeness (QED) is 0.761. The maximum Gasteiger partial charge on any atom is 0.127 e. The topological polar surface area (TPSA) is 45.2 Å². The number of nitrogens with zero attached hydrogens (tertiary/aromatic N) is 2. The van der Waals surface area contributed by atoms with Crippen LogP contribution in [0.2, 0.25) is 0 Å². The first-order valence-electron chi connectivity index (χ1n) is 10.8. The van der Waals surface area contributed by atoms with E-state index in [1.165, 1.54) is 16.7 Å². The van der Waals surface area contributed by atoms with E-state index in [2.05, 4.69) is 47.1 Å². The lowest BCUT2D eigenvalue weighted by Crippen LogP contribution is -2.53. The standard InChI is InChI=1S/C25H32N2O3/c1-19-5-3-4-6-21(19)16-27-11-10-26(17-23(27)9-12-28)15-20-13-22-14-24(29-2)7-8-25(22)30-18-20/h3-8,13-14,23,28H,9-12,15-18H2,1-2H3/t23-/m1/s1. The number of aryl methyl sites for hydroxylation is 1. The molecule has 1 fully saturated rings. The minimum Gasteiger partial charge on any atom is -0.497 e. The predicted octanol–water partition coefficient (Wildman–Crippen LogP) is 3.35. The van der Waals surface area contributed by atoms with E-state index in [1.807, 2.05) is 18.2 Å². The Morgan fingerprint density at radius 1 is 1.13 bits per heavy atom. The van der Waals surface area contributed by atoms with Gasteiger partial charge in [0.15, 0.2) is 0 Å². The summed E-state index contributed by atoms with van der Waals surface area (Å²) in [6.45, 7) is 7.88. The van der Waals surface area contributed by atoms with E-state index in [-0.39, 0.29) is 6.61 Å². The molecule has 2 aromatic rings. The summed E-state index contributed by atoms with van der Waals surface area (Å²) < 4.78 is 11.3. The van der Waals surface area contributed by atoms with Crippen LogP contribution in [0.5, 0.6) is 11.5 Å². The Kier molecular flexibility index (Phi) is 6.72. The summed E-state index contributed by atoms with van der Waals surface area (Å²) in [5.41, 5.74) is 5.08. The van der Waals surface area contributed by atoms with Crippen molar-refractivity contribution >= 4 is 6.08 Å². The molecule has 160 valence electrons. The van der Waals surface area contributed by atoms with Gasteiger partial charge in [-0.05, 0) is 54.3 Å². The smallest absolute Gasteiger partial charge is 0.127 e. The Morgan fingerprint density at radius 2 is 2.00 bits per heavy atom. The summed E-state index contributed by atoms with van der Waals surface area (Å²) in [4.78, 5) is 5.02. The van der Waals surface area contributed by atoms with Crippen molar-refractivity contribution in [1.29, 1.82) is 0 Å². The van der Waals surface area contributed by atoms with Gasteiger partial charge in [-0.2, -0.15) is 0 Å².